The van der Waals surface area contributed by atoms with Gasteiger partial charge >= 0.3 is 12.1 Å². The van der Waals surface area contributed by atoms with E-state index in [-0.39, 0.29) is 83.4 Å². The molecule has 0 aliphatic carbocycles. The number of rotatable bonds is 19. The number of amides is 2. The molecule has 15 rings (SSSR count). The monoisotopic (exact) mass is 1720 g/mol. The van der Waals surface area contributed by atoms with Gasteiger partial charge in [-0.25, -0.2) is 61.0 Å². The van der Waals surface area contributed by atoms with Gasteiger partial charge in [0.25, 0.3) is 0 Å². The van der Waals surface area contributed by atoms with Crippen molar-refractivity contribution in [2.24, 2.45) is 0 Å². The number of likely N-dealkylation sites (N-methyl/N-ethyl adjacent to an activating group) is 2. The Morgan fingerprint density at radius 3 is 1.03 bits per heavy atom. The van der Waals surface area contributed by atoms with Crippen molar-refractivity contribution >= 4 is 64.5 Å². The van der Waals surface area contributed by atoms with Crippen molar-refractivity contribution in [1.29, 1.82) is 0 Å². The summed E-state index contributed by atoms with van der Waals surface area (Å²) in [4.78, 5) is 80.7. The van der Waals surface area contributed by atoms with Gasteiger partial charge in [-0.05, 0) is 180 Å². The van der Waals surface area contributed by atoms with Crippen molar-refractivity contribution in [3.63, 3.8) is 0 Å². The number of piperazine rings is 3. The van der Waals surface area contributed by atoms with E-state index >= 15 is 4.39 Å². The quantitative estimate of drug-likeness (QED) is 0.0717. The van der Waals surface area contributed by atoms with Crippen LogP contribution in [0, 0.1) is 34.9 Å². The number of halogens is 7. The summed E-state index contributed by atoms with van der Waals surface area (Å²) in [5.41, 5.74) is 8.94. The number of fused-ring (bicyclic) bond motifs is 3. The number of hydrogen-bond acceptors (Lipinski definition) is 22. The van der Waals surface area contributed by atoms with Crippen molar-refractivity contribution in [2.75, 3.05) is 189 Å². The van der Waals surface area contributed by atoms with Crippen LogP contribution in [0.5, 0.6) is 17.2 Å². The lowest BCUT2D eigenvalue weighted by Crippen LogP contribution is -2.50. The maximum atomic E-state index is 15.0. The summed E-state index contributed by atoms with van der Waals surface area (Å²) in [5, 5.41) is 11.4. The standard InChI is InChI=1S/C31H37F2N5O3.C30H36F2N6O2.C26H29F2N5O.C4H9NO2.ClH/c1-20(2)38-14-15-40-29-24(32)17-22(18-26(29)38)28-25(33)19-34-27(35-28)16-21-6-8-23(9-7-21)36-10-12-37(13-11-36)30(39)41-31(3,4)5;1-20(2)38-13-14-40-30-24(31)16-22(17-26(30)38)29-25(32)18-33-27(34-29)15-21-5-7-23(8-6-21)36-9-11-37(12-10-36)28(39)19-35(3)4;1-17(2)33-11-12-34-26-21(27)14-19(15-23(26)33)25-22(28)16-30-24(31-25)13-18-3-5-20(6-4-18)32-9-7-29-8-10-32;1-5(2)3-4(6)7;/h6-9,17-20H,10-16H2,1-5H3;5-8,16-18,20H,9-15,19H2,1-4H3;3-6,14-17,29H,7-13H2,1-2H3;3H2,1-2H3,(H,6,7);1H. The Labute approximate surface area is 722 Å². The van der Waals surface area contributed by atoms with Gasteiger partial charge in [0.15, 0.2) is 52.2 Å². The maximum Gasteiger partial charge on any atom is 0.410 e. The Balaban J connectivity index is 0.000000173. The number of nitrogens with zero attached hydrogens (tertiary/aromatic N) is 16. The molecule has 0 unspecified atom stereocenters. The smallest absolute Gasteiger partial charge is 0.410 e. The fourth-order valence-electron chi connectivity index (χ4n) is 15.3. The van der Waals surface area contributed by atoms with Gasteiger partial charge in [0.05, 0.1) is 68.4 Å². The van der Waals surface area contributed by atoms with Gasteiger partial charge in [0.1, 0.15) is 60.0 Å². The van der Waals surface area contributed by atoms with Crippen molar-refractivity contribution in [1.82, 2.24) is 54.8 Å². The molecule has 25 nitrogen and oxygen atoms in total. The number of carboxylic acids is 1. The third kappa shape index (κ3) is 24.2. The van der Waals surface area contributed by atoms with E-state index in [0.29, 0.717) is 156 Å². The Bertz CT molecular complexity index is 5090. The van der Waals surface area contributed by atoms with Crippen LogP contribution in [0.25, 0.3) is 33.8 Å². The van der Waals surface area contributed by atoms with Crippen LogP contribution in [0.4, 0.5) is 65.3 Å². The Hall–Kier alpha value is -11.3. The molecule has 123 heavy (non-hydrogen) atoms. The van der Waals surface area contributed by atoms with E-state index in [2.05, 4.69) is 96.1 Å². The third-order valence-corrected chi connectivity index (χ3v) is 21.4. The second-order valence-corrected chi connectivity index (χ2v) is 33.2. The number of hydrogen-bond donors (Lipinski definition) is 2. The molecule has 0 spiro atoms. The van der Waals surface area contributed by atoms with Gasteiger partial charge in [-0.1, -0.05) is 36.4 Å². The molecular formula is C91H112ClF6N17O8. The number of carbonyl (C=O) groups excluding carboxylic acids is 2. The van der Waals surface area contributed by atoms with Gasteiger partial charge in [-0.2, -0.15) is 0 Å². The van der Waals surface area contributed by atoms with Gasteiger partial charge < -0.3 is 73.5 Å². The highest BCUT2D eigenvalue weighted by Gasteiger charge is 2.32. The summed E-state index contributed by atoms with van der Waals surface area (Å²) < 4.78 is 112. The number of aliphatic carboxylic acids is 1. The molecule has 2 amide bonds. The highest BCUT2D eigenvalue weighted by Crippen LogP contribution is 2.43. The van der Waals surface area contributed by atoms with Crippen LogP contribution in [-0.4, -0.2) is 256 Å². The minimum absolute atomic E-state index is 0. The Morgan fingerprint density at radius 2 is 0.748 bits per heavy atom. The summed E-state index contributed by atoms with van der Waals surface area (Å²) >= 11 is 0. The first kappa shape index (κ1) is 92.4. The van der Waals surface area contributed by atoms with Crippen LogP contribution >= 0.6 is 12.4 Å². The van der Waals surface area contributed by atoms with Gasteiger partial charge in [0, 0.05) is 150 Å². The second-order valence-electron chi connectivity index (χ2n) is 33.2. The lowest BCUT2D eigenvalue weighted by Gasteiger charge is -2.36. The van der Waals surface area contributed by atoms with Crippen molar-refractivity contribution in [3.8, 4) is 51.0 Å². The molecule has 9 aromatic rings. The maximum absolute atomic E-state index is 15.0. The van der Waals surface area contributed by atoms with E-state index in [1.807, 2.05) is 128 Å². The van der Waals surface area contributed by atoms with Crippen LogP contribution in [0.2, 0.25) is 0 Å². The lowest BCUT2D eigenvalue weighted by molar-refractivity contribution is -0.137. The van der Waals surface area contributed by atoms with E-state index in [1.54, 1.807) is 42.1 Å². The van der Waals surface area contributed by atoms with E-state index in [1.165, 1.54) is 30.1 Å². The fraction of sp³-hybridized carbons (Fsp3) is 0.440. The molecule has 658 valence electrons. The van der Waals surface area contributed by atoms with Crippen LogP contribution in [0.3, 0.4) is 0 Å². The van der Waals surface area contributed by atoms with E-state index < -0.39 is 46.5 Å². The predicted octanol–water partition coefficient (Wildman–Crippen LogP) is 13.6. The molecule has 3 saturated heterocycles. The average molecular weight is 1720 g/mol. The lowest BCUT2D eigenvalue weighted by atomic mass is 10.1. The van der Waals surface area contributed by atoms with Gasteiger partial charge in [-0.15, -0.1) is 12.4 Å². The van der Waals surface area contributed by atoms with Crippen LogP contribution in [-0.2, 0) is 33.6 Å². The van der Waals surface area contributed by atoms with Crippen molar-refractivity contribution < 1.29 is 64.8 Å². The molecule has 6 aliphatic heterocycles. The first-order valence-corrected chi connectivity index (χ1v) is 41.5. The molecular weight excluding hydrogens is 1610 g/mol. The van der Waals surface area contributed by atoms with Crippen molar-refractivity contribution in [3.05, 3.63) is 197 Å². The predicted molar refractivity (Wildman–Crippen MR) is 470 cm³/mol. The number of nitrogens with one attached hydrogen (secondary N) is 1. The van der Waals surface area contributed by atoms with Gasteiger partial charge in [-0.3, -0.25) is 14.5 Å². The van der Waals surface area contributed by atoms with Crippen LogP contribution < -0.4 is 48.9 Å². The second kappa shape index (κ2) is 41.7. The number of aromatic nitrogens is 6. The zero-order valence-electron chi connectivity index (χ0n) is 72.3. The van der Waals surface area contributed by atoms with Crippen LogP contribution in [0.15, 0.2) is 128 Å². The molecule has 0 saturated carbocycles. The number of anilines is 6. The number of carboxylic acid groups (broad SMARTS) is 1. The summed E-state index contributed by atoms with van der Waals surface area (Å²) in [6, 6.07) is 34.0. The molecule has 0 radical (unpaired) electrons. The minimum Gasteiger partial charge on any atom is -0.486 e. The molecule has 6 aromatic carbocycles. The molecule has 2 N–H and O–H groups in total. The molecule has 3 fully saturated rings. The molecule has 9 heterocycles. The Kier molecular flexibility index (Phi) is 31.4. The summed E-state index contributed by atoms with van der Waals surface area (Å²) in [7, 11) is 7.23. The minimum atomic E-state index is -0.787. The van der Waals surface area contributed by atoms with E-state index in [4.69, 9.17) is 24.1 Å². The number of carbonyl (C=O) groups is 3. The molecule has 32 heteroatoms. The highest BCUT2D eigenvalue weighted by molar-refractivity contribution is 5.85. The highest BCUT2D eigenvalue weighted by atomic mass is 35.5. The zero-order chi connectivity index (χ0) is 87.2. The summed E-state index contributed by atoms with van der Waals surface area (Å²) in [6.45, 7) is 30.9. The van der Waals surface area contributed by atoms with Crippen molar-refractivity contribution in [2.45, 2.75) is 105 Å². The number of benzene rings is 6. The molecule has 0 bridgehead atoms. The van der Waals surface area contributed by atoms with E-state index in [0.717, 1.165) is 79.7 Å². The molecule has 3 aromatic heterocycles. The molecule has 6 aliphatic rings. The van der Waals surface area contributed by atoms with Gasteiger partial charge in [0.2, 0.25) is 5.91 Å². The van der Waals surface area contributed by atoms with E-state index in [9.17, 15) is 36.3 Å². The Morgan fingerprint density at radius 1 is 0.439 bits per heavy atom. The first-order chi connectivity index (χ1) is 58.3. The summed E-state index contributed by atoms with van der Waals surface area (Å²) in [6.07, 6.45) is 4.45. The third-order valence-electron chi connectivity index (χ3n) is 21.4. The SMILES string of the molecule is CC(C)N1CCOc2c(F)cc(-c3nc(Cc4ccc(N5CCN(C(=O)CN(C)C)CC5)cc4)ncc3F)cc21.CC(C)N1CCOc2c(F)cc(-c3nc(Cc4ccc(N5CCN(C(=O)OC(C)(C)C)CC5)cc4)ncc3F)cc21.CC(C)N1CCOc2c(F)cc(-c3nc(Cc4ccc(N5CCNCC5)cc4)ncc3F)cc21.CN(C)CC(=O)O.Cl. The average Bonchev–Trinajstić information content (AvgIpc) is 0.783. The van der Waals surface area contributed by atoms with Crippen LogP contribution in [0.1, 0.15) is 96.5 Å². The zero-order valence-corrected chi connectivity index (χ0v) is 73.1. The normalized spacial score (nSPS) is 15.2. The summed E-state index contributed by atoms with van der Waals surface area (Å²) in [5.74, 6) is -2.03. The number of ether oxygens (including phenoxy) is 4. The molecule has 0 atom stereocenters. The fourth-order valence-corrected chi connectivity index (χ4v) is 15.3. The first-order valence-electron chi connectivity index (χ1n) is 41.5. The topological polar surface area (TPSA) is 230 Å². The largest absolute Gasteiger partial charge is 0.486 e.